The number of amides is 1. The summed E-state index contributed by atoms with van der Waals surface area (Å²) in [5.41, 5.74) is 0.649. The fourth-order valence-corrected chi connectivity index (χ4v) is 4.12. The van der Waals surface area contributed by atoms with Gasteiger partial charge in [0, 0.05) is 48.8 Å². The first-order valence-electron chi connectivity index (χ1n) is 13.2. The summed E-state index contributed by atoms with van der Waals surface area (Å²) in [5.74, 6) is 5.71. The third kappa shape index (κ3) is 9.98. The van der Waals surface area contributed by atoms with E-state index in [9.17, 15) is 18.0 Å². The lowest BCUT2D eigenvalue weighted by molar-refractivity contribution is -0.138. The van der Waals surface area contributed by atoms with Crippen LogP contribution in [-0.4, -0.2) is 51.3 Å². The van der Waals surface area contributed by atoms with Crippen LogP contribution in [0.3, 0.4) is 0 Å². The van der Waals surface area contributed by atoms with Gasteiger partial charge in [-0.3, -0.25) is 19.7 Å². The van der Waals surface area contributed by atoms with Crippen LogP contribution in [0.4, 0.5) is 18.9 Å². The molecule has 1 amide bonds. The van der Waals surface area contributed by atoms with E-state index >= 15 is 0 Å². The van der Waals surface area contributed by atoms with Crippen molar-refractivity contribution in [2.45, 2.75) is 38.9 Å². The molecule has 3 heterocycles. The number of hydrogen-bond acceptors (Lipinski definition) is 6. The number of halogens is 3. The van der Waals surface area contributed by atoms with Crippen molar-refractivity contribution >= 4 is 30.1 Å². The summed E-state index contributed by atoms with van der Waals surface area (Å²) < 4.78 is 41.4. The highest BCUT2D eigenvalue weighted by Gasteiger charge is 2.34. The number of alkyl halides is 3. The summed E-state index contributed by atoms with van der Waals surface area (Å²) >= 11 is 0. The zero-order chi connectivity index (χ0) is 30.4. The van der Waals surface area contributed by atoms with Crippen molar-refractivity contribution in [2.24, 2.45) is 4.99 Å². The summed E-state index contributed by atoms with van der Waals surface area (Å²) in [4.78, 5) is 29.5. The van der Waals surface area contributed by atoms with Gasteiger partial charge >= 0.3 is 6.18 Å². The van der Waals surface area contributed by atoms with E-state index in [1.807, 2.05) is 11.8 Å². The molecule has 1 fully saturated rings. The number of anilines is 1. The fourth-order valence-electron chi connectivity index (χ4n) is 4.12. The van der Waals surface area contributed by atoms with Crippen molar-refractivity contribution in [2.75, 3.05) is 18.4 Å². The van der Waals surface area contributed by atoms with Crippen molar-refractivity contribution in [1.82, 2.24) is 19.9 Å². The Morgan fingerprint density at radius 2 is 1.98 bits per heavy atom. The SMILES string of the molecule is C=CN=CC.N=C/C=C\c1ncc(C#Cc2cncc(C(=O)Nc3ccc(CN4CCCCC4)c(C(F)(F)F)c3)c2)[nH]1. The van der Waals surface area contributed by atoms with Gasteiger partial charge < -0.3 is 15.7 Å². The maximum atomic E-state index is 13.8. The Labute approximate surface area is 243 Å². The lowest BCUT2D eigenvalue weighted by Gasteiger charge is -2.27. The molecule has 1 aromatic carbocycles. The second-order valence-corrected chi connectivity index (χ2v) is 9.17. The number of carbonyl (C=O) groups is 1. The molecule has 8 nitrogen and oxygen atoms in total. The summed E-state index contributed by atoms with van der Waals surface area (Å²) in [6.45, 7) is 6.99. The van der Waals surface area contributed by atoms with Crippen molar-refractivity contribution in [1.29, 1.82) is 5.41 Å². The molecule has 4 rings (SSSR count). The molecule has 1 aliphatic heterocycles. The van der Waals surface area contributed by atoms with Crippen LogP contribution in [0.25, 0.3) is 6.08 Å². The van der Waals surface area contributed by atoms with E-state index in [4.69, 9.17) is 5.41 Å². The molecule has 0 atom stereocenters. The first-order chi connectivity index (χ1) is 20.2. The molecule has 2 aromatic heterocycles. The molecular formula is C31H32F3N7O. The van der Waals surface area contributed by atoms with E-state index in [2.05, 4.69) is 43.7 Å². The Morgan fingerprint density at radius 1 is 1.19 bits per heavy atom. The van der Waals surface area contributed by atoms with Crippen LogP contribution in [0.1, 0.15) is 64.8 Å². The lowest BCUT2D eigenvalue weighted by atomic mass is 10.0. The molecule has 3 N–H and O–H groups in total. The van der Waals surface area contributed by atoms with Crippen LogP contribution in [0.5, 0.6) is 0 Å². The zero-order valence-electron chi connectivity index (χ0n) is 23.2. The second kappa shape index (κ2) is 15.8. The predicted molar refractivity (Wildman–Crippen MR) is 160 cm³/mol. The fraction of sp³-hybridized carbons (Fsp3) is 0.258. The largest absolute Gasteiger partial charge is 0.416 e. The molecular weight excluding hydrogens is 543 g/mol. The summed E-state index contributed by atoms with van der Waals surface area (Å²) in [6.07, 6.45) is 10.3. The topological polar surface area (TPSA) is 110 Å². The number of nitrogens with zero attached hydrogens (tertiary/aromatic N) is 4. The van der Waals surface area contributed by atoms with Gasteiger partial charge in [0.15, 0.2) is 0 Å². The van der Waals surface area contributed by atoms with E-state index in [-0.39, 0.29) is 23.4 Å². The van der Waals surface area contributed by atoms with E-state index in [1.165, 1.54) is 49.1 Å². The van der Waals surface area contributed by atoms with Crippen molar-refractivity contribution in [3.8, 4) is 11.8 Å². The molecule has 0 spiro atoms. The Bertz CT molecular complexity index is 1490. The molecule has 1 aliphatic rings. The molecule has 0 radical (unpaired) electrons. The number of likely N-dealkylation sites (tertiary alicyclic amines) is 1. The summed E-state index contributed by atoms with van der Waals surface area (Å²) in [6, 6.07) is 5.42. The molecule has 218 valence electrons. The first kappa shape index (κ1) is 31.7. The number of aromatic nitrogens is 3. The normalized spacial score (nSPS) is 13.6. The Morgan fingerprint density at radius 3 is 2.64 bits per heavy atom. The molecule has 0 aliphatic carbocycles. The minimum Gasteiger partial charge on any atom is -0.332 e. The number of hydrogen-bond donors (Lipinski definition) is 3. The van der Waals surface area contributed by atoms with Gasteiger partial charge in [-0.1, -0.05) is 25.0 Å². The quantitative estimate of drug-likeness (QED) is 0.225. The van der Waals surface area contributed by atoms with E-state index in [1.54, 1.807) is 12.3 Å². The summed E-state index contributed by atoms with van der Waals surface area (Å²) in [5, 5.41) is 9.54. The number of allylic oxidation sites excluding steroid dienone is 1. The number of rotatable bonds is 7. The number of pyridine rings is 1. The average Bonchev–Trinajstić information content (AvgIpc) is 3.44. The second-order valence-electron chi connectivity index (χ2n) is 9.17. The highest BCUT2D eigenvalue weighted by molar-refractivity contribution is 6.04. The molecule has 1 saturated heterocycles. The van der Waals surface area contributed by atoms with Crippen LogP contribution in [0, 0.1) is 17.3 Å². The molecule has 11 heteroatoms. The van der Waals surface area contributed by atoms with Gasteiger partial charge in [0.25, 0.3) is 5.91 Å². The van der Waals surface area contributed by atoms with Gasteiger partial charge in [-0.2, -0.15) is 13.2 Å². The number of aromatic amines is 1. The van der Waals surface area contributed by atoms with Gasteiger partial charge in [0.05, 0.1) is 17.3 Å². The highest BCUT2D eigenvalue weighted by Crippen LogP contribution is 2.35. The minimum atomic E-state index is -4.54. The van der Waals surface area contributed by atoms with E-state index < -0.39 is 17.6 Å². The predicted octanol–water partition coefficient (Wildman–Crippen LogP) is 6.34. The highest BCUT2D eigenvalue weighted by atomic mass is 19.4. The number of H-pyrrole nitrogens is 1. The molecule has 0 saturated carbocycles. The number of aliphatic imine (C=N–C) groups is 1. The van der Waals surface area contributed by atoms with Crippen molar-refractivity contribution in [3.63, 3.8) is 0 Å². The van der Waals surface area contributed by atoms with Gasteiger partial charge in [0.1, 0.15) is 11.5 Å². The Balaban J connectivity index is 0.000000892. The molecule has 0 bridgehead atoms. The third-order valence-corrected chi connectivity index (χ3v) is 6.06. The number of nitrogens with one attached hydrogen (secondary N) is 3. The van der Waals surface area contributed by atoms with Crippen LogP contribution >= 0.6 is 0 Å². The average molecular weight is 576 g/mol. The lowest BCUT2D eigenvalue weighted by Crippen LogP contribution is -2.30. The monoisotopic (exact) mass is 575 g/mol. The van der Waals surface area contributed by atoms with Gasteiger partial charge in [0.2, 0.25) is 0 Å². The third-order valence-electron chi connectivity index (χ3n) is 6.06. The standard InChI is InChI=1S/C27H25F3N6O.C4H7N/c28-27(29,30)24-14-22(9-7-20(24)18-36-11-2-1-3-12-36)35-26(37)21-13-19(15-32-16-21)6-8-23-17-33-25(34-23)5-4-10-31;1-3-5-4-2/h4-5,7,9-10,13-17,31H,1-3,11-12,18H2,(H,33,34)(H,35,37);3-4H,1H2,2H3/b5-4-,31-10?;. The Kier molecular flexibility index (Phi) is 12.0. The smallest absolute Gasteiger partial charge is 0.332 e. The van der Waals surface area contributed by atoms with Crippen molar-refractivity contribution in [3.05, 3.63) is 95.5 Å². The number of carbonyl (C=O) groups excluding carboxylic acids is 1. The van der Waals surface area contributed by atoms with Gasteiger partial charge in [-0.25, -0.2) is 4.98 Å². The van der Waals surface area contributed by atoms with Gasteiger partial charge in [-0.05, 0) is 74.7 Å². The molecule has 0 unspecified atom stereocenters. The van der Waals surface area contributed by atoms with Gasteiger partial charge in [-0.15, -0.1) is 0 Å². The minimum absolute atomic E-state index is 0.0548. The maximum absolute atomic E-state index is 13.8. The van der Waals surface area contributed by atoms with Crippen LogP contribution in [-0.2, 0) is 12.7 Å². The van der Waals surface area contributed by atoms with Crippen LogP contribution in [0.15, 0.2) is 66.7 Å². The molecule has 3 aromatic rings. The van der Waals surface area contributed by atoms with Crippen LogP contribution < -0.4 is 5.32 Å². The Hall–Kier alpha value is -4.82. The van der Waals surface area contributed by atoms with E-state index in [0.29, 0.717) is 17.1 Å². The number of imidazole rings is 1. The van der Waals surface area contributed by atoms with Crippen LogP contribution in [0.2, 0.25) is 0 Å². The number of piperidine rings is 1. The zero-order valence-corrected chi connectivity index (χ0v) is 23.2. The van der Waals surface area contributed by atoms with E-state index in [0.717, 1.165) is 44.6 Å². The first-order valence-corrected chi connectivity index (χ1v) is 13.2. The maximum Gasteiger partial charge on any atom is 0.416 e. The summed E-state index contributed by atoms with van der Waals surface area (Å²) in [7, 11) is 0. The number of benzene rings is 1. The van der Waals surface area contributed by atoms with Crippen molar-refractivity contribution < 1.29 is 18.0 Å². The molecule has 42 heavy (non-hydrogen) atoms.